The van der Waals surface area contributed by atoms with Crippen molar-refractivity contribution in [3.8, 4) is 5.75 Å². The summed E-state index contributed by atoms with van der Waals surface area (Å²) in [5, 5.41) is 2.78. The second kappa shape index (κ2) is 11.7. The number of methoxy groups -OCH3 is 1. The maximum Gasteiger partial charge on any atom is 0.244 e. The van der Waals surface area contributed by atoms with E-state index in [9.17, 15) is 18.0 Å². The summed E-state index contributed by atoms with van der Waals surface area (Å²) in [6.45, 7) is 3.64. The topological polar surface area (TPSA) is 96.0 Å². The molecular weight excluding hydrogens is 538 g/mol. The summed E-state index contributed by atoms with van der Waals surface area (Å²) >= 11 is 0. The van der Waals surface area contributed by atoms with Gasteiger partial charge in [0.1, 0.15) is 18.3 Å². The predicted molar refractivity (Wildman–Crippen MR) is 160 cm³/mol. The van der Waals surface area contributed by atoms with E-state index in [0.29, 0.717) is 18.0 Å². The van der Waals surface area contributed by atoms with Crippen LogP contribution in [-0.4, -0.2) is 57.6 Å². The van der Waals surface area contributed by atoms with E-state index in [1.165, 1.54) is 49.0 Å². The van der Waals surface area contributed by atoms with Gasteiger partial charge in [-0.2, -0.15) is 0 Å². The molecule has 9 heteroatoms. The van der Waals surface area contributed by atoms with Crippen LogP contribution in [0.5, 0.6) is 5.75 Å². The fourth-order valence-electron chi connectivity index (χ4n) is 7.93. The van der Waals surface area contributed by atoms with Crippen molar-refractivity contribution in [2.75, 3.05) is 30.8 Å². The summed E-state index contributed by atoms with van der Waals surface area (Å²) in [4.78, 5) is 28.0. The molecule has 4 fully saturated rings. The molecule has 4 saturated carbocycles. The largest absolute Gasteiger partial charge is 0.497 e. The Morgan fingerprint density at radius 1 is 1.02 bits per heavy atom. The molecule has 0 heterocycles. The highest BCUT2D eigenvalue weighted by atomic mass is 32.2. The molecule has 2 aromatic carbocycles. The minimum atomic E-state index is -3.78. The highest BCUT2D eigenvalue weighted by Crippen LogP contribution is 2.60. The number of carbonyl (C=O) groups is 2. The van der Waals surface area contributed by atoms with Gasteiger partial charge in [-0.25, -0.2) is 8.42 Å². The van der Waals surface area contributed by atoms with E-state index in [1.807, 2.05) is 37.3 Å². The summed E-state index contributed by atoms with van der Waals surface area (Å²) < 4.78 is 32.5. The van der Waals surface area contributed by atoms with Gasteiger partial charge in [-0.3, -0.25) is 13.9 Å². The Morgan fingerprint density at radius 3 is 2.17 bits per heavy atom. The summed E-state index contributed by atoms with van der Waals surface area (Å²) in [6.07, 6.45) is 8.89. The van der Waals surface area contributed by atoms with Gasteiger partial charge in [-0.1, -0.05) is 24.3 Å². The molecule has 4 bridgehead atoms. The SMILES string of the molecule is CCNC(=O)C(C)N(Cc1cccc(OC)c1)C(=O)CN(c1ccc(C23CC4CC(CC(C4)C2)C3)cc1)S(C)(=O)=O. The first-order valence-electron chi connectivity index (χ1n) is 14.8. The predicted octanol–water partition coefficient (Wildman–Crippen LogP) is 4.48. The van der Waals surface area contributed by atoms with Crippen LogP contribution in [0, 0.1) is 17.8 Å². The van der Waals surface area contributed by atoms with E-state index in [0.717, 1.165) is 33.9 Å². The summed E-state index contributed by atoms with van der Waals surface area (Å²) in [5.74, 6) is 2.32. The number of carbonyl (C=O) groups excluding carboxylic acids is 2. The number of sulfonamides is 1. The van der Waals surface area contributed by atoms with E-state index >= 15 is 0 Å². The molecule has 1 atom stereocenters. The molecule has 0 aromatic heterocycles. The van der Waals surface area contributed by atoms with Gasteiger partial charge in [-0.05, 0) is 111 Å². The molecule has 4 aliphatic carbocycles. The Balaban J connectivity index is 1.39. The average molecular weight is 582 g/mol. The Bertz CT molecular complexity index is 1340. The number of nitrogens with zero attached hydrogens (tertiary/aromatic N) is 2. The standard InChI is InChI=1S/C32H43N3O5S/c1-5-33-31(37)22(2)34(20-23-7-6-8-29(16-23)40-3)30(36)21-35(41(4,38)39)28-11-9-27(10-12-28)32-17-24-13-25(18-32)15-26(14-24)19-32/h6-12,16,22,24-26H,5,13-15,17-21H2,1-4H3,(H,33,37). The van der Waals surface area contributed by atoms with Crippen LogP contribution in [0.15, 0.2) is 48.5 Å². The van der Waals surface area contributed by atoms with Crippen molar-refractivity contribution in [2.24, 2.45) is 17.8 Å². The second-order valence-corrected chi connectivity index (χ2v) is 14.4. The summed E-state index contributed by atoms with van der Waals surface area (Å²) in [6, 6.07) is 14.3. The average Bonchev–Trinajstić information content (AvgIpc) is 2.93. The number of likely N-dealkylation sites (N-methyl/N-ethyl adjacent to an activating group) is 1. The number of nitrogens with one attached hydrogen (secondary N) is 1. The highest BCUT2D eigenvalue weighted by molar-refractivity contribution is 7.92. The lowest BCUT2D eigenvalue weighted by molar-refractivity contribution is -0.139. The minimum Gasteiger partial charge on any atom is -0.497 e. The molecule has 0 saturated heterocycles. The first-order valence-corrected chi connectivity index (χ1v) is 16.6. The molecule has 0 spiro atoms. The Labute approximate surface area is 244 Å². The number of rotatable bonds is 11. The zero-order valence-corrected chi connectivity index (χ0v) is 25.5. The van der Waals surface area contributed by atoms with Crippen LogP contribution in [0.3, 0.4) is 0 Å². The molecule has 1 unspecified atom stereocenters. The number of hydrogen-bond acceptors (Lipinski definition) is 5. The third kappa shape index (κ3) is 6.25. The van der Waals surface area contributed by atoms with Crippen molar-refractivity contribution in [3.63, 3.8) is 0 Å². The quantitative estimate of drug-likeness (QED) is 0.422. The van der Waals surface area contributed by atoms with Gasteiger partial charge in [0.05, 0.1) is 19.1 Å². The lowest BCUT2D eigenvalue weighted by Gasteiger charge is -2.57. The Morgan fingerprint density at radius 2 is 1.63 bits per heavy atom. The molecule has 41 heavy (non-hydrogen) atoms. The Kier molecular flexibility index (Phi) is 8.37. The molecule has 6 rings (SSSR count). The van der Waals surface area contributed by atoms with Crippen molar-refractivity contribution in [3.05, 3.63) is 59.7 Å². The van der Waals surface area contributed by atoms with Gasteiger partial charge in [0, 0.05) is 13.1 Å². The van der Waals surface area contributed by atoms with Gasteiger partial charge in [0.25, 0.3) is 0 Å². The van der Waals surface area contributed by atoms with Crippen molar-refractivity contribution < 1.29 is 22.7 Å². The van der Waals surface area contributed by atoms with E-state index in [1.54, 1.807) is 20.1 Å². The van der Waals surface area contributed by atoms with Crippen LogP contribution in [0.25, 0.3) is 0 Å². The highest BCUT2D eigenvalue weighted by Gasteiger charge is 2.51. The van der Waals surface area contributed by atoms with Gasteiger partial charge < -0.3 is 15.0 Å². The maximum absolute atomic E-state index is 13.8. The van der Waals surface area contributed by atoms with Crippen molar-refractivity contribution >= 4 is 27.5 Å². The van der Waals surface area contributed by atoms with Gasteiger partial charge >= 0.3 is 0 Å². The van der Waals surface area contributed by atoms with Crippen LogP contribution in [0.2, 0.25) is 0 Å². The van der Waals surface area contributed by atoms with Crippen molar-refractivity contribution in [1.29, 1.82) is 0 Å². The van der Waals surface area contributed by atoms with Crippen molar-refractivity contribution in [1.82, 2.24) is 10.2 Å². The second-order valence-electron chi connectivity index (χ2n) is 12.5. The molecule has 2 amide bonds. The van der Waals surface area contributed by atoms with Crippen LogP contribution in [0.1, 0.15) is 63.5 Å². The van der Waals surface area contributed by atoms with E-state index in [4.69, 9.17) is 4.74 Å². The molecular formula is C32H43N3O5S. The van der Waals surface area contributed by atoms with Gasteiger partial charge in [0.2, 0.25) is 21.8 Å². The van der Waals surface area contributed by atoms with Crippen LogP contribution in [0.4, 0.5) is 5.69 Å². The van der Waals surface area contributed by atoms with Crippen molar-refractivity contribution in [2.45, 2.75) is 70.4 Å². The molecule has 0 radical (unpaired) electrons. The van der Waals surface area contributed by atoms with E-state index in [2.05, 4.69) is 17.4 Å². The molecule has 0 aliphatic heterocycles. The zero-order chi connectivity index (χ0) is 29.4. The number of anilines is 1. The van der Waals surface area contributed by atoms with Crippen LogP contribution in [-0.2, 0) is 31.6 Å². The Hall–Kier alpha value is -3.07. The van der Waals surface area contributed by atoms with E-state index in [-0.39, 0.29) is 17.9 Å². The fourth-order valence-corrected chi connectivity index (χ4v) is 8.78. The molecule has 222 valence electrons. The molecule has 1 N–H and O–H groups in total. The third-order valence-corrected chi connectivity index (χ3v) is 10.6. The molecule has 4 aliphatic rings. The molecule has 2 aromatic rings. The molecule has 8 nitrogen and oxygen atoms in total. The number of benzene rings is 2. The number of ether oxygens (including phenoxy) is 1. The third-order valence-electron chi connectivity index (χ3n) is 9.49. The van der Waals surface area contributed by atoms with Gasteiger partial charge in [-0.15, -0.1) is 0 Å². The van der Waals surface area contributed by atoms with Crippen LogP contribution >= 0.6 is 0 Å². The normalized spacial score (nSPS) is 25.4. The minimum absolute atomic E-state index is 0.136. The van der Waals surface area contributed by atoms with Crippen LogP contribution < -0.4 is 14.4 Å². The summed E-state index contributed by atoms with van der Waals surface area (Å²) in [7, 11) is -2.21. The lowest BCUT2D eigenvalue weighted by atomic mass is 9.48. The van der Waals surface area contributed by atoms with Gasteiger partial charge in [0.15, 0.2) is 0 Å². The summed E-state index contributed by atoms with van der Waals surface area (Å²) in [5.41, 5.74) is 2.74. The monoisotopic (exact) mass is 581 g/mol. The van der Waals surface area contributed by atoms with E-state index < -0.39 is 28.5 Å². The maximum atomic E-state index is 13.8. The zero-order valence-electron chi connectivity index (χ0n) is 24.6. The fraction of sp³-hybridized carbons (Fsp3) is 0.562. The first-order chi connectivity index (χ1) is 19.5. The number of hydrogen-bond donors (Lipinski definition) is 1. The number of amides is 2. The lowest BCUT2D eigenvalue weighted by Crippen LogP contribution is -2.51. The smallest absolute Gasteiger partial charge is 0.244 e. The first kappa shape index (κ1) is 29.4.